The lowest BCUT2D eigenvalue weighted by atomic mass is 9.99. The molecule has 0 fully saturated rings. The molecule has 7 aromatic carbocycles. The fourth-order valence-electron chi connectivity index (χ4n) is 7.58. The first-order valence-electron chi connectivity index (χ1n) is 15.8. The quantitative estimate of drug-likeness (QED) is 0.219. The number of para-hydroxylation sites is 3. The molecule has 2 aromatic heterocycles. The molecule has 4 nitrogen and oxygen atoms in total. The molecule has 0 spiro atoms. The zero-order chi connectivity index (χ0) is 30.2. The number of aromatic nitrogens is 2. The van der Waals surface area contributed by atoms with E-state index < -0.39 is 0 Å². The summed E-state index contributed by atoms with van der Waals surface area (Å²) in [5.74, 6) is 0. The predicted molar refractivity (Wildman–Crippen MR) is 192 cm³/mol. The topological polar surface area (TPSA) is 34.2 Å². The van der Waals surface area contributed by atoms with E-state index in [1.807, 2.05) is 0 Å². The van der Waals surface area contributed by atoms with Crippen LogP contribution in [0, 0.1) is 0 Å². The van der Waals surface area contributed by atoms with Crippen molar-refractivity contribution >= 4 is 65.8 Å². The summed E-state index contributed by atoms with van der Waals surface area (Å²) in [7, 11) is 0. The number of anilines is 1. The maximum absolute atomic E-state index is 5.54. The van der Waals surface area contributed by atoms with Crippen molar-refractivity contribution in [3.05, 3.63) is 169 Å². The molecule has 1 atom stereocenters. The highest BCUT2D eigenvalue weighted by Crippen LogP contribution is 2.44. The second-order valence-corrected chi connectivity index (χ2v) is 12.0. The second-order valence-electron chi connectivity index (χ2n) is 12.0. The van der Waals surface area contributed by atoms with Gasteiger partial charge in [0.05, 0.1) is 27.8 Å². The largest absolute Gasteiger partial charge is 0.346 e. The number of nitrogens with zero attached hydrogens (tertiary/aromatic N) is 3. The van der Waals surface area contributed by atoms with Crippen LogP contribution >= 0.6 is 0 Å². The lowest BCUT2D eigenvalue weighted by Crippen LogP contribution is -2.25. The molecule has 0 aliphatic carbocycles. The number of nitrogens with one attached hydrogen (secondary N) is 1. The standard InChI is InChI=1S/C42H28N4/c1-3-14-28(15-4-1)39-33-20-9-11-21-35(33)43-42(44-39)46-37-26-23-27-13-7-8-18-30(27)38(37)34-25-24-32-31-19-10-12-22-36(31)45(40(32)41(34)46)29-16-5-2-6-17-29/h1-26,42-43H. The van der Waals surface area contributed by atoms with E-state index in [0.29, 0.717) is 0 Å². The summed E-state index contributed by atoms with van der Waals surface area (Å²) >= 11 is 0. The van der Waals surface area contributed by atoms with Crippen LogP contribution in [-0.4, -0.2) is 14.8 Å². The lowest BCUT2D eigenvalue weighted by molar-refractivity contribution is 0.625. The molecule has 9 aromatic rings. The van der Waals surface area contributed by atoms with Gasteiger partial charge in [-0.25, -0.2) is 4.99 Å². The first-order chi connectivity index (χ1) is 22.8. The van der Waals surface area contributed by atoms with Crippen LogP contribution < -0.4 is 5.32 Å². The molecule has 1 N–H and O–H groups in total. The van der Waals surface area contributed by atoms with E-state index in [1.54, 1.807) is 0 Å². The Morgan fingerprint density at radius 2 is 1.20 bits per heavy atom. The zero-order valence-corrected chi connectivity index (χ0v) is 24.9. The Labute approximate surface area is 265 Å². The number of hydrogen-bond acceptors (Lipinski definition) is 2. The molecule has 1 aliphatic heterocycles. The Hall–Kier alpha value is -6.13. The van der Waals surface area contributed by atoms with E-state index in [1.165, 1.54) is 43.4 Å². The van der Waals surface area contributed by atoms with Gasteiger partial charge in [0.25, 0.3) is 0 Å². The number of rotatable bonds is 3. The maximum Gasteiger partial charge on any atom is 0.201 e. The number of aliphatic imine (C=N–C) groups is 1. The van der Waals surface area contributed by atoms with Gasteiger partial charge in [-0.3, -0.25) is 4.57 Å². The fraction of sp³-hybridized carbons (Fsp3) is 0.0238. The maximum atomic E-state index is 5.54. The van der Waals surface area contributed by atoms with Crippen molar-refractivity contribution in [2.24, 2.45) is 4.99 Å². The van der Waals surface area contributed by atoms with Crippen LogP contribution in [-0.2, 0) is 0 Å². The first-order valence-corrected chi connectivity index (χ1v) is 15.8. The van der Waals surface area contributed by atoms with Crippen molar-refractivity contribution in [3.8, 4) is 5.69 Å². The Morgan fingerprint density at radius 1 is 0.500 bits per heavy atom. The highest BCUT2D eigenvalue weighted by atomic mass is 15.3. The van der Waals surface area contributed by atoms with Gasteiger partial charge in [0.15, 0.2) is 0 Å². The van der Waals surface area contributed by atoms with E-state index in [-0.39, 0.29) is 6.29 Å². The second kappa shape index (κ2) is 9.68. The SMILES string of the molecule is c1ccc(C2=NC(n3c4ccc5ccccc5c4c4ccc5c6ccccc6n(-c6ccccc6)c5c43)Nc3ccccc32)cc1. The molecule has 46 heavy (non-hydrogen) atoms. The van der Waals surface area contributed by atoms with E-state index in [2.05, 4.69) is 172 Å². The Kier molecular flexibility index (Phi) is 5.31. The summed E-state index contributed by atoms with van der Waals surface area (Å²) in [5.41, 5.74) is 10.1. The molecule has 4 heteroatoms. The van der Waals surface area contributed by atoms with Crippen molar-refractivity contribution in [1.82, 2.24) is 9.13 Å². The van der Waals surface area contributed by atoms with E-state index in [0.717, 1.165) is 39.2 Å². The van der Waals surface area contributed by atoms with E-state index in [4.69, 9.17) is 4.99 Å². The van der Waals surface area contributed by atoms with Gasteiger partial charge in [0.1, 0.15) is 0 Å². The van der Waals surface area contributed by atoms with Gasteiger partial charge in [-0.05, 0) is 41.1 Å². The van der Waals surface area contributed by atoms with Crippen molar-refractivity contribution in [2.75, 3.05) is 5.32 Å². The highest BCUT2D eigenvalue weighted by molar-refractivity contribution is 6.28. The van der Waals surface area contributed by atoms with Crippen molar-refractivity contribution in [2.45, 2.75) is 6.29 Å². The lowest BCUT2D eigenvalue weighted by Gasteiger charge is -2.28. The van der Waals surface area contributed by atoms with Crippen LogP contribution in [0.15, 0.2) is 163 Å². The van der Waals surface area contributed by atoms with Gasteiger partial charge >= 0.3 is 0 Å². The number of benzene rings is 7. The Balaban J connectivity index is 1.41. The molecule has 1 unspecified atom stereocenters. The fourth-order valence-corrected chi connectivity index (χ4v) is 7.58. The average Bonchev–Trinajstić information content (AvgIpc) is 3.65. The summed E-state index contributed by atoms with van der Waals surface area (Å²) < 4.78 is 4.87. The molecule has 0 saturated heterocycles. The minimum absolute atomic E-state index is 0.376. The van der Waals surface area contributed by atoms with Gasteiger partial charge < -0.3 is 9.88 Å². The van der Waals surface area contributed by atoms with Gasteiger partial charge in [-0.15, -0.1) is 0 Å². The molecule has 3 heterocycles. The molecule has 1 aliphatic rings. The Morgan fingerprint density at radius 3 is 2.07 bits per heavy atom. The van der Waals surface area contributed by atoms with E-state index >= 15 is 0 Å². The number of hydrogen-bond donors (Lipinski definition) is 1. The summed E-state index contributed by atoms with van der Waals surface area (Å²) in [5, 5.41) is 11.3. The highest BCUT2D eigenvalue weighted by Gasteiger charge is 2.28. The van der Waals surface area contributed by atoms with E-state index in [9.17, 15) is 0 Å². The van der Waals surface area contributed by atoms with Crippen LogP contribution in [0.5, 0.6) is 0 Å². The third kappa shape index (κ3) is 3.52. The minimum atomic E-state index is -0.376. The zero-order valence-electron chi connectivity index (χ0n) is 24.9. The molecule has 0 saturated carbocycles. The molecule has 0 amide bonds. The number of fused-ring (bicyclic) bond motifs is 10. The summed E-state index contributed by atoms with van der Waals surface area (Å²) in [4.78, 5) is 5.54. The van der Waals surface area contributed by atoms with Crippen LogP contribution in [0.3, 0.4) is 0 Å². The first kappa shape index (κ1) is 25.2. The van der Waals surface area contributed by atoms with Crippen molar-refractivity contribution < 1.29 is 0 Å². The van der Waals surface area contributed by atoms with Gasteiger partial charge in [-0.2, -0.15) is 0 Å². The smallest absolute Gasteiger partial charge is 0.201 e. The van der Waals surface area contributed by atoms with Gasteiger partial charge in [-0.1, -0.05) is 127 Å². The van der Waals surface area contributed by atoms with Crippen molar-refractivity contribution in [3.63, 3.8) is 0 Å². The minimum Gasteiger partial charge on any atom is -0.346 e. The molecular weight excluding hydrogens is 560 g/mol. The molecule has 216 valence electrons. The summed E-state index contributed by atoms with van der Waals surface area (Å²) in [6, 6.07) is 56.4. The summed E-state index contributed by atoms with van der Waals surface area (Å²) in [6.45, 7) is 0. The molecule has 0 radical (unpaired) electrons. The van der Waals surface area contributed by atoms with Crippen LogP contribution in [0.25, 0.3) is 60.1 Å². The molecular formula is C42H28N4. The van der Waals surface area contributed by atoms with Crippen LogP contribution in [0.2, 0.25) is 0 Å². The van der Waals surface area contributed by atoms with Crippen LogP contribution in [0.4, 0.5) is 5.69 Å². The van der Waals surface area contributed by atoms with Crippen molar-refractivity contribution in [1.29, 1.82) is 0 Å². The third-order valence-electron chi connectivity index (χ3n) is 9.51. The summed E-state index contributed by atoms with van der Waals surface area (Å²) in [6.07, 6.45) is -0.376. The molecule has 0 bridgehead atoms. The molecule has 10 rings (SSSR count). The normalized spacial score (nSPS) is 14.6. The van der Waals surface area contributed by atoms with Crippen LogP contribution in [0.1, 0.15) is 17.4 Å². The third-order valence-corrected chi connectivity index (χ3v) is 9.51. The van der Waals surface area contributed by atoms with Gasteiger partial charge in [0, 0.05) is 44.0 Å². The monoisotopic (exact) mass is 588 g/mol. The van der Waals surface area contributed by atoms with Gasteiger partial charge in [0.2, 0.25) is 6.29 Å². The average molecular weight is 589 g/mol. The Bertz CT molecular complexity index is 2660. The predicted octanol–water partition coefficient (Wildman–Crippen LogP) is 10.5.